The van der Waals surface area contributed by atoms with Gasteiger partial charge in [-0.05, 0) is 31.2 Å². The van der Waals surface area contributed by atoms with Gasteiger partial charge in [-0.15, -0.1) is 11.3 Å². The lowest BCUT2D eigenvalue weighted by Gasteiger charge is -2.35. The number of carbonyl (C=O) groups is 1. The highest BCUT2D eigenvalue weighted by Gasteiger charge is 2.23. The number of anilines is 1. The summed E-state index contributed by atoms with van der Waals surface area (Å²) >= 11 is 1.52. The molecule has 0 aliphatic carbocycles. The lowest BCUT2D eigenvalue weighted by atomic mass is 10.2. The van der Waals surface area contributed by atoms with Crippen molar-refractivity contribution in [3.8, 4) is 0 Å². The van der Waals surface area contributed by atoms with Crippen LogP contribution in [-0.2, 0) is 0 Å². The molecule has 1 aromatic carbocycles. The number of nitrogens with zero attached hydrogens (tertiary/aromatic N) is 3. The second kappa shape index (κ2) is 6.37. The molecule has 3 rings (SSSR count). The van der Waals surface area contributed by atoms with Gasteiger partial charge in [0.2, 0.25) is 0 Å². The van der Waals surface area contributed by atoms with Gasteiger partial charge >= 0.3 is 0 Å². The summed E-state index contributed by atoms with van der Waals surface area (Å²) in [5.41, 5.74) is 1.05. The Bertz CT molecular complexity index is 718. The van der Waals surface area contributed by atoms with Crippen LogP contribution < -0.4 is 4.90 Å². The Labute approximate surface area is 138 Å². The highest BCUT2D eigenvalue weighted by atomic mass is 32.1. The predicted octanol–water partition coefficient (Wildman–Crippen LogP) is 2.93. The van der Waals surface area contributed by atoms with Crippen LogP contribution in [0.25, 0.3) is 0 Å². The van der Waals surface area contributed by atoms with Crippen molar-refractivity contribution >= 4 is 28.6 Å². The summed E-state index contributed by atoms with van der Waals surface area (Å²) in [5, 5.41) is 10.7. The second-order valence-corrected chi connectivity index (χ2v) is 6.75. The van der Waals surface area contributed by atoms with E-state index in [0.29, 0.717) is 13.1 Å². The first kappa shape index (κ1) is 15.5. The van der Waals surface area contributed by atoms with Crippen LogP contribution in [0.15, 0.2) is 36.4 Å². The highest BCUT2D eigenvalue weighted by Crippen LogP contribution is 2.22. The number of amides is 1. The molecule has 7 heteroatoms. The average Bonchev–Trinajstić information content (AvgIpc) is 3.01. The van der Waals surface area contributed by atoms with E-state index in [4.69, 9.17) is 0 Å². The zero-order valence-electron chi connectivity index (χ0n) is 12.8. The van der Waals surface area contributed by atoms with E-state index in [2.05, 4.69) is 4.90 Å². The Balaban J connectivity index is 1.61. The average molecular weight is 331 g/mol. The van der Waals surface area contributed by atoms with E-state index in [1.165, 1.54) is 23.5 Å². The van der Waals surface area contributed by atoms with Crippen LogP contribution in [0.5, 0.6) is 0 Å². The monoisotopic (exact) mass is 331 g/mol. The van der Waals surface area contributed by atoms with Crippen molar-refractivity contribution in [2.24, 2.45) is 0 Å². The third-order valence-corrected chi connectivity index (χ3v) is 4.93. The van der Waals surface area contributed by atoms with Gasteiger partial charge in [-0.25, -0.2) is 0 Å². The number of nitro groups is 1. The van der Waals surface area contributed by atoms with Gasteiger partial charge in [0.15, 0.2) is 0 Å². The molecule has 1 aliphatic rings. The molecular formula is C16H17N3O3S. The fourth-order valence-corrected chi connectivity index (χ4v) is 3.49. The Hall–Kier alpha value is -2.41. The van der Waals surface area contributed by atoms with Gasteiger partial charge < -0.3 is 9.80 Å². The first-order valence-electron chi connectivity index (χ1n) is 7.40. The molecular weight excluding hydrogens is 314 g/mol. The zero-order valence-corrected chi connectivity index (χ0v) is 13.6. The molecule has 2 heterocycles. The molecule has 0 radical (unpaired) electrons. The molecule has 0 N–H and O–H groups in total. The quantitative estimate of drug-likeness (QED) is 0.641. The van der Waals surface area contributed by atoms with Crippen molar-refractivity contribution in [3.63, 3.8) is 0 Å². The first-order valence-corrected chi connectivity index (χ1v) is 8.21. The van der Waals surface area contributed by atoms with Crippen molar-refractivity contribution in [3.05, 3.63) is 56.3 Å². The molecule has 0 saturated carbocycles. The van der Waals surface area contributed by atoms with Gasteiger partial charge in [-0.2, -0.15) is 0 Å². The Morgan fingerprint density at radius 1 is 1.09 bits per heavy atom. The van der Waals surface area contributed by atoms with Crippen LogP contribution in [0, 0.1) is 17.0 Å². The summed E-state index contributed by atoms with van der Waals surface area (Å²) in [6.45, 7) is 4.77. The molecule has 0 bridgehead atoms. The molecule has 23 heavy (non-hydrogen) atoms. The van der Waals surface area contributed by atoms with Gasteiger partial charge in [0.1, 0.15) is 0 Å². The third kappa shape index (κ3) is 3.34. The minimum atomic E-state index is -0.399. The van der Waals surface area contributed by atoms with Gasteiger partial charge in [0, 0.05) is 48.9 Å². The van der Waals surface area contributed by atoms with Crippen LogP contribution in [-0.4, -0.2) is 41.9 Å². The number of carbonyl (C=O) groups excluding carboxylic acids is 1. The van der Waals surface area contributed by atoms with Gasteiger partial charge in [-0.3, -0.25) is 14.9 Å². The Morgan fingerprint density at radius 2 is 1.74 bits per heavy atom. The van der Waals surface area contributed by atoms with Crippen LogP contribution in [0.3, 0.4) is 0 Å². The maximum Gasteiger partial charge on any atom is 0.269 e. The summed E-state index contributed by atoms with van der Waals surface area (Å²) in [4.78, 5) is 28.6. The van der Waals surface area contributed by atoms with Crippen molar-refractivity contribution < 1.29 is 9.72 Å². The molecule has 1 aromatic heterocycles. The first-order chi connectivity index (χ1) is 11.0. The summed E-state index contributed by atoms with van der Waals surface area (Å²) in [6, 6.07) is 10.4. The van der Waals surface area contributed by atoms with Crippen molar-refractivity contribution in [2.45, 2.75) is 6.92 Å². The third-order valence-electron chi connectivity index (χ3n) is 3.94. The van der Waals surface area contributed by atoms with E-state index in [9.17, 15) is 14.9 Å². The lowest BCUT2D eigenvalue weighted by molar-refractivity contribution is -0.384. The topological polar surface area (TPSA) is 66.7 Å². The van der Waals surface area contributed by atoms with E-state index in [1.807, 2.05) is 24.0 Å². The van der Waals surface area contributed by atoms with Crippen LogP contribution in [0.1, 0.15) is 14.5 Å². The van der Waals surface area contributed by atoms with E-state index in [1.54, 1.807) is 12.1 Å². The number of rotatable bonds is 3. The lowest BCUT2D eigenvalue weighted by Crippen LogP contribution is -2.48. The molecule has 0 unspecified atom stereocenters. The minimum absolute atomic E-state index is 0.0893. The SMILES string of the molecule is Cc1ccc(C(=O)N2CCN(c3ccc([N+](=O)[O-])cc3)CC2)s1. The standard InChI is InChI=1S/C16H17N3O3S/c1-12-2-7-15(23-12)16(20)18-10-8-17(9-11-18)13-3-5-14(6-4-13)19(21)22/h2-7H,8-11H2,1H3. The number of hydrogen-bond donors (Lipinski definition) is 0. The summed E-state index contributed by atoms with van der Waals surface area (Å²) in [5.74, 6) is 0.0893. The van der Waals surface area contributed by atoms with Gasteiger partial charge in [0.05, 0.1) is 9.80 Å². The van der Waals surface area contributed by atoms with Gasteiger partial charge in [0.25, 0.3) is 11.6 Å². The summed E-state index contributed by atoms with van der Waals surface area (Å²) in [6.07, 6.45) is 0. The van der Waals surface area contributed by atoms with E-state index >= 15 is 0 Å². The van der Waals surface area contributed by atoms with E-state index < -0.39 is 4.92 Å². The molecule has 0 spiro atoms. The smallest absolute Gasteiger partial charge is 0.269 e. The number of hydrogen-bond acceptors (Lipinski definition) is 5. The van der Waals surface area contributed by atoms with Crippen LogP contribution in [0.2, 0.25) is 0 Å². The molecule has 1 amide bonds. The predicted molar refractivity (Wildman–Crippen MR) is 90.3 cm³/mol. The largest absolute Gasteiger partial charge is 0.368 e. The number of non-ortho nitro benzene ring substituents is 1. The molecule has 2 aromatic rings. The molecule has 120 valence electrons. The van der Waals surface area contributed by atoms with Crippen LogP contribution in [0.4, 0.5) is 11.4 Å². The molecule has 1 fully saturated rings. The van der Waals surface area contributed by atoms with E-state index in [0.717, 1.165) is 28.5 Å². The number of aryl methyl sites for hydroxylation is 1. The second-order valence-electron chi connectivity index (χ2n) is 5.46. The van der Waals surface area contributed by atoms with Crippen LogP contribution >= 0.6 is 11.3 Å². The molecule has 0 atom stereocenters. The van der Waals surface area contributed by atoms with Crippen molar-refractivity contribution in [1.29, 1.82) is 0 Å². The van der Waals surface area contributed by atoms with Crippen molar-refractivity contribution in [1.82, 2.24) is 4.90 Å². The maximum absolute atomic E-state index is 12.4. The summed E-state index contributed by atoms with van der Waals surface area (Å²) < 4.78 is 0. The number of piperazine rings is 1. The number of benzene rings is 1. The Kier molecular flexibility index (Phi) is 4.29. The Morgan fingerprint density at radius 3 is 2.26 bits per heavy atom. The van der Waals surface area contributed by atoms with E-state index in [-0.39, 0.29) is 11.6 Å². The molecule has 1 saturated heterocycles. The molecule has 6 nitrogen and oxygen atoms in total. The number of thiophene rings is 1. The fraction of sp³-hybridized carbons (Fsp3) is 0.312. The zero-order chi connectivity index (χ0) is 16.4. The van der Waals surface area contributed by atoms with Crippen molar-refractivity contribution in [2.75, 3.05) is 31.1 Å². The maximum atomic E-state index is 12.4. The van der Waals surface area contributed by atoms with Gasteiger partial charge in [-0.1, -0.05) is 0 Å². The minimum Gasteiger partial charge on any atom is -0.368 e. The molecule has 1 aliphatic heterocycles. The normalized spacial score (nSPS) is 14.8. The highest BCUT2D eigenvalue weighted by molar-refractivity contribution is 7.13. The number of nitro benzene ring substituents is 1. The fourth-order valence-electron chi connectivity index (χ4n) is 2.66. The summed E-state index contributed by atoms with van der Waals surface area (Å²) in [7, 11) is 0.